The fourth-order valence-corrected chi connectivity index (χ4v) is 5.90. The lowest BCUT2D eigenvalue weighted by atomic mass is 9.86. The Hall–Kier alpha value is -2.18. The normalized spacial score (nSPS) is 11.3. The lowest BCUT2D eigenvalue weighted by Crippen LogP contribution is -3.00. The predicted octanol–water partition coefficient (Wildman–Crippen LogP) is 6.95. The van der Waals surface area contributed by atoms with E-state index >= 15 is 0 Å². The number of halogens is 1. The number of anilines is 1. The van der Waals surface area contributed by atoms with Crippen molar-refractivity contribution in [3.63, 3.8) is 0 Å². The summed E-state index contributed by atoms with van der Waals surface area (Å²) in [5.74, 6) is 0.823. The van der Waals surface area contributed by atoms with Crippen molar-refractivity contribution in [2.75, 3.05) is 11.9 Å². The number of carbonyl (C=O) groups is 1. The van der Waals surface area contributed by atoms with Crippen molar-refractivity contribution in [1.82, 2.24) is 0 Å². The number of nitrogens with zero attached hydrogens (tertiary/aromatic N) is 1. The number of thiazole rings is 1. The van der Waals surface area contributed by atoms with Crippen LogP contribution in [0.3, 0.4) is 0 Å². The average molecular weight is 672 g/mol. The van der Waals surface area contributed by atoms with Crippen LogP contribution in [0.4, 0.5) is 5.69 Å². The Bertz CT molecular complexity index is 1200. The first-order valence-electron chi connectivity index (χ1n) is 16.3. The van der Waals surface area contributed by atoms with E-state index in [0.717, 1.165) is 30.0 Å². The van der Waals surface area contributed by atoms with E-state index in [9.17, 15) is 4.79 Å². The van der Waals surface area contributed by atoms with Crippen molar-refractivity contribution in [2.24, 2.45) is 0 Å². The Morgan fingerprint density at radius 1 is 0.860 bits per heavy atom. The zero-order valence-electron chi connectivity index (χ0n) is 27.4. The molecule has 3 rings (SSSR count). The summed E-state index contributed by atoms with van der Waals surface area (Å²) < 4.78 is 8.54. The number of ether oxygens (including phenoxy) is 1. The first-order chi connectivity index (χ1) is 20.3. The van der Waals surface area contributed by atoms with E-state index in [1.807, 2.05) is 12.1 Å². The summed E-state index contributed by atoms with van der Waals surface area (Å²) in [6, 6.07) is 14.5. The highest BCUT2D eigenvalue weighted by molar-refractivity contribution is 7.09. The molecule has 0 atom stereocenters. The van der Waals surface area contributed by atoms with Crippen LogP contribution in [0.15, 0.2) is 54.0 Å². The molecular weight excluding hydrogens is 616 g/mol. The molecule has 0 spiro atoms. The molecule has 0 unspecified atom stereocenters. The Labute approximate surface area is 276 Å². The molecule has 0 saturated carbocycles. The van der Waals surface area contributed by atoms with E-state index in [1.54, 1.807) is 11.3 Å². The van der Waals surface area contributed by atoms with E-state index in [2.05, 4.69) is 86.4 Å². The van der Waals surface area contributed by atoms with Crippen molar-refractivity contribution in [2.45, 2.75) is 130 Å². The summed E-state index contributed by atoms with van der Waals surface area (Å²) >= 11 is 1.75. The standard InChI is InChI=1S/C37H54N2O2S.BrH/c1-6-7-8-9-10-11-12-13-14-15-16-17-25-41-35-28-33(37(3,4)5)21-20-32(35)27-36(40)38-34-22-18-31(19-23-34)29-39-24-26-42-30(39)2;/h18-24,26,28H,6-17,25,27,29H2,1-5H3;1H. The van der Waals surface area contributed by atoms with Crippen LogP contribution >= 0.6 is 11.3 Å². The number of benzene rings is 2. The van der Waals surface area contributed by atoms with Gasteiger partial charge >= 0.3 is 0 Å². The molecule has 2 aromatic carbocycles. The third-order valence-corrected chi connectivity index (χ3v) is 8.85. The summed E-state index contributed by atoms with van der Waals surface area (Å²) in [6.07, 6.45) is 18.3. The molecular formula is C37H55BrN2O2S. The van der Waals surface area contributed by atoms with Gasteiger partial charge in [0.05, 0.1) is 18.4 Å². The Morgan fingerprint density at radius 3 is 2.02 bits per heavy atom. The molecule has 1 N–H and O–H groups in total. The molecule has 0 saturated heterocycles. The zero-order chi connectivity index (χ0) is 30.2. The van der Waals surface area contributed by atoms with Gasteiger partial charge in [-0.1, -0.05) is 134 Å². The Kier molecular flexibility index (Phi) is 17.2. The molecule has 1 heterocycles. The highest BCUT2D eigenvalue weighted by atomic mass is 79.9. The van der Waals surface area contributed by atoms with Gasteiger partial charge in [-0.15, -0.1) is 0 Å². The molecule has 0 aliphatic carbocycles. The van der Waals surface area contributed by atoms with Gasteiger partial charge in [0.2, 0.25) is 10.9 Å². The molecule has 0 bridgehead atoms. The van der Waals surface area contributed by atoms with Gasteiger partial charge in [0.25, 0.3) is 0 Å². The maximum atomic E-state index is 13.0. The van der Waals surface area contributed by atoms with Gasteiger partial charge in [0.1, 0.15) is 5.75 Å². The SMILES string of the molecule is CCCCCCCCCCCCCCOc1cc(C(C)(C)C)ccc1CC(=O)Nc1ccc(C[n+]2ccsc2C)cc1.[Br-]. The van der Waals surface area contributed by atoms with Crippen LogP contribution in [0.5, 0.6) is 5.75 Å². The van der Waals surface area contributed by atoms with Crippen molar-refractivity contribution in [3.05, 3.63) is 75.7 Å². The van der Waals surface area contributed by atoms with E-state index in [4.69, 9.17) is 4.74 Å². The number of rotatable bonds is 19. The maximum absolute atomic E-state index is 13.0. The monoisotopic (exact) mass is 670 g/mol. The molecule has 3 aromatic rings. The highest BCUT2D eigenvalue weighted by Gasteiger charge is 2.18. The maximum Gasteiger partial charge on any atom is 0.234 e. The Morgan fingerprint density at radius 2 is 1.47 bits per heavy atom. The number of carbonyl (C=O) groups excluding carboxylic acids is 1. The van der Waals surface area contributed by atoms with Gasteiger partial charge in [-0.2, -0.15) is 4.57 Å². The van der Waals surface area contributed by atoms with Gasteiger partial charge in [0.15, 0.2) is 12.7 Å². The second kappa shape index (κ2) is 20.0. The van der Waals surface area contributed by atoms with Crippen molar-refractivity contribution in [1.29, 1.82) is 0 Å². The van der Waals surface area contributed by atoms with Crippen molar-refractivity contribution >= 4 is 22.9 Å². The van der Waals surface area contributed by atoms with Gasteiger partial charge < -0.3 is 27.0 Å². The smallest absolute Gasteiger partial charge is 0.234 e. The predicted molar refractivity (Wildman–Crippen MR) is 179 cm³/mol. The van der Waals surface area contributed by atoms with Crippen molar-refractivity contribution in [3.8, 4) is 5.75 Å². The van der Waals surface area contributed by atoms with E-state index in [-0.39, 0.29) is 28.3 Å². The highest BCUT2D eigenvalue weighted by Crippen LogP contribution is 2.29. The second-order valence-electron chi connectivity index (χ2n) is 12.8. The van der Waals surface area contributed by atoms with Gasteiger partial charge in [-0.3, -0.25) is 4.79 Å². The van der Waals surface area contributed by atoms with E-state index < -0.39 is 0 Å². The third kappa shape index (κ3) is 14.0. The topological polar surface area (TPSA) is 42.2 Å². The molecule has 238 valence electrons. The van der Waals surface area contributed by atoms with Crippen LogP contribution in [0.1, 0.15) is 126 Å². The van der Waals surface area contributed by atoms with Crippen LogP contribution in [0.25, 0.3) is 0 Å². The summed E-state index contributed by atoms with van der Waals surface area (Å²) in [4.78, 5) is 13.0. The van der Waals surface area contributed by atoms with E-state index in [0.29, 0.717) is 13.0 Å². The minimum Gasteiger partial charge on any atom is -1.00 e. The van der Waals surface area contributed by atoms with Crippen LogP contribution in [0, 0.1) is 6.92 Å². The molecule has 4 nitrogen and oxygen atoms in total. The average Bonchev–Trinajstić information content (AvgIpc) is 3.36. The second-order valence-corrected chi connectivity index (χ2v) is 13.9. The zero-order valence-corrected chi connectivity index (χ0v) is 29.8. The number of nitrogens with one attached hydrogen (secondary N) is 1. The van der Waals surface area contributed by atoms with Crippen LogP contribution in [-0.4, -0.2) is 12.5 Å². The number of hydrogen-bond acceptors (Lipinski definition) is 3. The number of unbranched alkanes of at least 4 members (excludes halogenated alkanes) is 11. The molecule has 0 aliphatic heterocycles. The fourth-order valence-electron chi connectivity index (χ4n) is 5.23. The first kappa shape index (κ1) is 37.0. The van der Waals surface area contributed by atoms with Gasteiger partial charge in [-0.05, 0) is 35.6 Å². The quantitative estimate of drug-likeness (QED) is 0.111. The van der Waals surface area contributed by atoms with Crippen molar-refractivity contribution < 1.29 is 31.1 Å². The third-order valence-electron chi connectivity index (χ3n) is 8.01. The summed E-state index contributed by atoms with van der Waals surface area (Å²) in [5.41, 5.74) is 4.23. The number of aryl methyl sites for hydroxylation is 1. The number of aromatic nitrogens is 1. The van der Waals surface area contributed by atoms with Gasteiger partial charge in [0, 0.05) is 23.7 Å². The largest absolute Gasteiger partial charge is 1.00 e. The molecule has 1 amide bonds. The van der Waals surface area contributed by atoms with Crippen LogP contribution in [0.2, 0.25) is 0 Å². The summed E-state index contributed by atoms with van der Waals surface area (Å²) in [7, 11) is 0. The number of hydrogen-bond donors (Lipinski definition) is 1. The molecule has 43 heavy (non-hydrogen) atoms. The molecule has 0 radical (unpaired) electrons. The van der Waals surface area contributed by atoms with Gasteiger partial charge in [-0.25, -0.2) is 0 Å². The van der Waals surface area contributed by atoms with E-state index in [1.165, 1.54) is 86.8 Å². The fraction of sp³-hybridized carbons (Fsp3) is 0.568. The molecule has 0 aliphatic rings. The lowest BCUT2D eigenvalue weighted by molar-refractivity contribution is -0.689. The molecule has 0 fully saturated rings. The minimum absolute atomic E-state index is 0. The Balaban J connectivity index is 0.00000645. The van der Waals surface area contributed by atoms with Crippen LogP contribution in [-0.2, 0) is 23.2 Å². The van der Waals surface area contributed by atoms with Crippen LogP contribution < -0.4 is 31.6 Å². The first-order valence-corrected chi connectivity index (χ1v) is 17.2. The number of amides is 1. The minimum atomic E-state index is -0.0236. The molecule has 6 heteroatoms. The summed E-state index contributed by atoms with van der Waals surface area (Å²) in [5, 5.41) is 6.46. The molecule has 1 aromatic heterocycles. The lowest BCUT2D eigenvalue weighted by Gasteiger charge is -2.21. The summed E-state index contributed by atoms with van der Waals surface area (Å²) in [6.45, 7) is 12.6.